The van der Waals surface area contributed by atoms with Crippen LogP contribution in [0.15, 0.2) is 48.8 Å². The van der Waals surface area contributed by atoms with Crippen LogP contribution in [0.1, 0.15) is 41.6 Å². The predicted octanol–water partition coefficient (Wildman–Crippen LogP) is 2.47. The van der Waals surface area contributed by atoms with Crippen LogP contribution in [0.3, 0.4) is 0 Å². The van der Waals surface area contributed by atoms with Gasteiger partial charge in [-0.05, 0) is 42.5 Å². The smallest absolute Gasteiger partial charge is 0.253 e. The summed E-state index contributed by atoms with van der Waals surface area (Å²) in [6.45, 7) is 0.381. The summed E-state index contributed by atoms with van der Waals surface area (Å²) in [5, 5.41) is 5.73. The molecule has 0 spiro atoms. The van der Waals surface area contributed by atoms with Crippen molar-refractivity contribution in [2.75, 3.05) is 5.32 Å². The maximum absolute atomic E-state index is 12.5. The molecule has 1 heterocycles. The van der Waals surface area contributed by atoms with E-state index < -0.39 is 0 Å². The van der Waals surface area contributed by atoms with E-state index in [1.54, 1.807) is 36.7 Å². The number of rotatable bonds is 6. The fourth-order valence-corrected chi connectivity index (χ4v) is 3.33. The first-order chi connectivity index (χ1) is 12.6. The summed E-state index contributed by atoms with van der Waals surface area (Å²) in [6, 6.07) is 10.8. The molecule has 136 valence electrons. The van der Waals surface area contributed by atoms with Gasteiger partial charge in [0.2, 0.25) is 5.91 Å². The summed E-state index contributed by atoms with van der Waals surface area (Å²) in [7, 11) is 0. The van der Waals surface area contributed by atoms with Crippen LogP contribution in [0.4, 0.5) is 5.69 Å². The topological polar surface area (TPSA) is 97.1 Å². The number of nitrogens with zero attached hydrogens (tertiary/aromatic N) is 1. The molecule has 6 nitrogen and oxygen atoms in total. The molecule has 1 aromatic carbocycles. The van der Waals surface area contributed by atoms with Crippen molar-refractivity contribution in [3.63, 3.8) is 0 Å². The molecule has 1 fully saturated rings. The molecule has 0 unspecified atom stereocenters. The third-order valence-electron chi connectivity index (χ3n) is 4.79. The first-order valence-corrected chi connectivity index (χ1v) is 8.95. The summed E-state index contributed by atoms with van der Waals surface area (Å²) in [4.78, 5) is 28.9. The summed E-state index contributed by atoms with van der Waals surface area (Å²) in [5.41, 5.74) is 7.92. The van der Waals surface area contributed by atoms with Gasteiger partial charge in [-0.3, -0.25) is 14.6 Å². The highest BCUT2D eigenvalue weighted by Crippen LogP contribution is 2.27. The van der Waals surface area contributed by atoms with Gasteiger partial charge in [0.1, 0.15) is 0 Å². The molecule has 1 aromatic heterocycles. The third kappa shape index (κ3) is 4.67. The highest BCUT2D eigenvalue weighted by molar-refractivity contribution is 6.03. The van der Waals surface area contributed by atoms with Crippen molar-refractivity contribution < 1.29 is 9.59 Å². The molecule has 1 aliphatic carbocycles. The molecule has 4 N–H and O–H groups in total. The molecule has 26 heavy (non-hydrogen) atoms. The molecule has 0 aliphatic heterocycles. The zero-order chi connectivity index (χ0) is 18.4. The van der Waals surface area contributed by atoms with Crippen LogP contribution in [0.5, 0.6) is 0 Å². The number of carbonyl (C=O) groups excluding carboxylic acids is 2. The highest BCUT2D eigenvalue weighted by Gasteiger charge is 2.26. The van der Waals surface area contributed by atoms with Gasteiger partial charge in [-0.15, -0.1) is 0 Å². The van der Waals surface area contributed by atoms with E-state index >= 15 is 0 Å². The lowest BCUT2D eigenvalue weighted by molar-refractivity contribution is -0.117. The Kier molecular flexibility index (Phi) is 5.96. The van der Waals surface area contributed by atoms with Gasteiger partial charge in [-0.25, -0.2) is 0 Å². The maximum Gasteiger partial charge on any atom is 0.253 e. The van der Waals surface area contributed by atoms with Gasteiger partial charge in [0.15, 0.2) is 0 Å². The number of carbonyl (C=O) groups is 2. The minimum absolute atomic E-state index is 0.0961. The number of pyridine rings is 1. The zero-order valence-electron chi connectivity index (χ0n) is 14.7. The van der Waals surface area contributed by atoms with Crippen LogP contribution >= 0.6 is 0 Å². The lowest BCUT2D eigenvalue weighted by Gasteiger charge is -2.16. The van der Waals surface area contributed by atoms with Crippen molar-refractivity contribution in [3.05, 3.63) is 59.9 Å². The Balaban J connectivity index is 1.61. The molecule has 3 rings (SSSR count). The van der Waals surface area contributed by atoms with Crippen LogP contribution < -0.4 is 16.4 Å². The Morgan fingerprint density at radius 1 is 1.15 bits per heavy atom. The number of hydrogen-bond donors (Lipinski definition) is 3. The van der Waals surface area contributed by atoms with E-state index in [-0.39, 0.29) is 23.8 Å². The summed E-state index contributed by atoms with van der Waals surface area (Å²) in [5.74, 6) is -0.108. The van der Waals surface area contributed by atoms with E-state index in [0.29, 0.717) is 24.2 Å². The minimum Gasteiger partial charge on any atom is -0.348 e. The van der Waals surface area contributed by atoms with Gasteiger partial charge in [-0.1, -0.05) is 24.6 Å². The fourth-order valence-electron chi connectivity index (χ4n) is 3.33. The first kappa shape index (κ1) is 18.1. The Bertz CT molecular complexity index is 763. The third-order valence-corrected chi connectivity index (χ3v) is 4.79. The van der Waals surface area contributed by atoms with Crippen molar-refractivity contribution >= 4 is 17.5 Å². The molecular weight excluding hydrogens is 328 g/mol. The Morgan fingerprint density at radius 3 is 2.73 bits per heavy atom. The van der Waals surface area contributed by atoms with Gasteiger partial charge < -0.3 is 16.4 Å². The molecule has 0 saturated heterocycles. The van der Waals surface area contributed by atoms with Crippen LogP contribution in [-0.4, -0.2) is 22.8 Å². The van der Waals surface area contributed by atoms with E-state index in [4.69, 9.17) is 5.73 Å². The minimum atomic E-state index is -0.234. The molecule has 2 aromatic rings. The summed E-state index contributed by atoms with van der Waals surface area (Å²) in [6.07, 6.45) is 6.83. The number of para-hydroxylation sites is 1. The number of nitrogens with two attached hydrogens (primary N) is 1. The van der Waals surface area contributed by atoms with Gasteiger partial charge in [0.25, 0.3) is 5.91 Å². The molecule has 2 amide bonds. The average Bonchev–Trinajstić information content (AvgIpc) is 3.05. The van der Waals surface area contributed by atoms with Crippen LogP contribution in [0.25, 0.3) is 0 Å². The Hall–Kier alpha value is -2.73. The SMILES string of the molecule is N[C@@H]1CCC[C@H]1CC(=O)Nc1ccccc1C(=O)NCc1cccnc1. The van der Waals surface area contributed by atoms with Crippen LogP contribution in [0, 0.1) is 5.92 Å². The largest absolute Gasteiger partial charge is 0.348 e. The van der Waals surface area contributed by atoms with Gasteiger partial charge in [-0.2, -0.15) is 0 Å². The van der Waals surface area contributed by atoms with Crippen molar-refractivity contribution in [3.8, 4) is 0 Å². The number of amides is 2. The molecule has 6 heteroatoms. The van der Waals surface area contributed by atoms with Gasteiger partial charge in [0, 0.05) is 31.4 Å². The number of anilines is 1. The first-order valence-electron chi connectivity index (χ1n) is 8.95. The molecule has 1 aliphatic rings. The lowest BCUT2D eigenvalue weighted by atomic mass is 9.99. The second-order valence-electron chi connectivity index (χ2n) is 6.70. The molecule has 1 saturated carbocycles. The quantitative estimate of drug-likeness (QED) is 0.744. The Labute approximate surface area is 153 Å². The van der Waals surface area contributed by atoms with E-state index in [1.165, 1.54) is 0 Å². The Morgan fingerprint density at radius 2 is 2.00 bits per heavy atom. The van der Waals surface area contributed by atoms with E-state index in [9.17, 15) is 9.59 Å². The van der Waals surface area contributed by atoms with Gasteiger partial charge >= 0.3 is 0 Å². The van der Waals surface area contributed by atoms with Crippen LogP contribution in [0.2, 0.25) is 0 Å². The normalized spacial score (nSPS) is 19.1. The van der Waals surface area contributed by atoms with Crippen molar-refractivity contribution in [1.82, 2.24) is 10.3 Å². The number of hydrogen-bond acceptors (Lipinski definition) is 4. The van der Waals surface area contributed by atoms with Crippen molar-refractivity contribution in [1.29, 1.82) is 0 Å². The van der Waals surface area contributed by atoms with Crippen LogP contribution in [-0.2, 0) is 11.3 Å². The second-order valence-corrected chi connectivity index (χ2v) is 6.70. The van der Waals surface area contributed by atoms with E-state index in [2.05, 4.69) is 15.6 Å². The maximum atomic E-state index is 12.5. The molecule has 0 radical (unpaired) electrons. The van der Waals surface area contributed by atoms with Crippen molar-refractivity contribution in [2.24, 2.45) is 11.7 Å². The second kappa shape index (κ2) is 8.58. The van der Waals surface area contributed by atoms with E-state index in [0.717, 1.165) is 24.8 Å². The monoisotopic (exact) mass is 352 g/mol. The summed E-state index contributed by atoms with van der Waals surface area (Å²) < 4.78 is 0. The predicted molar refractivity (Wildman–Crippen MR) is 100 cm³/mol. The molecule has 2 atom stereocenters. The van der Waals surface area contributed by atoms with E-state index in [1.807, 2.05) is 12.1 Å². The van der Waals surface area contributed by atoms with Crippen molar-refractivity contribution in [2.45, 2.75) is 38.3 Å². The number of benzene rings is 1. The molecular formula is C20H24N4O2. The number of aromatic nitrogens is 1. The average molecular weight is 352 g/mol. The standard InChI is InChI=1S/C20H24N4O2/c21-17-8-3-6-15(17)11-19(25)24-18-9-2-1-7-16(18)20(26)23-13-14-5-4-10-22-12-14/h1-2,4-5,7,9-10,12,15,17H,3,6,8,11,13,21H2,(H,23,26)(H,24,25)/t15-,17+/m0/s1. The summed E-state index contributed by atoms with van der Waals surface area (Å²) >= 11 is 0. The number of nitrogens with one attached hydrogen (secondary N) is 2. The zero-order valence-corrected chi connectivity index (χ0v) is 14.7. The fraction of sp³-hybridized carbons (Fsp3) is 0.350. The highest BCUT2D eigenvalue weighted by atomic mass is 16.2. The lowest BCUT2D eigenvalue weighted by Crippen LogP contribution is -2.29. The molecule has 0 bridgehead atoms. The van der Waals surface area contributed by atoms with Gasteiger partial charge in [0.05, 0.1) is 11.3 Å².